The second-order valence-corrected chi connectivity index (χ2v) is 12.2. The first kappa shape index (κ1) is 30.5. The maximum atomic E-state index is 14.0. The van der Waals surface area contributed by atoms with Gasteiger partial charge in [0.1, 0.15) is 24.1 Å². The Morgan fingerprint density at radius 1 is 0.933 bits per heavy atom. The summed E-state index contributed by atoms with van der Waals surface area (Å²) in [5, 5.41) is 11.9. The van der Waals surface area contributed by atoms with Gasteiger partial charge in [-0.15, -0.1) is 5.10 Å². The second-order valence-electron chi connectivity index (χ2n) is 10.4. The summed E-state index contributed by atoms with van der Waals surface area (Å²) in [5.74, 6) is 2.39. The Balaban J connectivity index is 1.30. The smallest absolute Gasteiger partial charge is 0.255 e. The van der Waals surface area contributed by atoms with Crippen molar-refractivity contribution in [3.8, 4) is 11.5 Å². The topological polar surface area (TPSA) is 90.3 Å². The number of ether oxygens (including phenoxy) is 2. The molecule has 0 aliphatic carbocycles. The Morgan fingerprint density at radius 3 is 2.42 bits per heavy atom. The number of amides is 1. The van der Waals surface area contributed by atoms with Crippen molar-refractivity contribution in [1.29, 1.82) is 0 Å². The van der Waals surface area contributed by atoms with Gasteiger partial charge in [0.05, 0.1) is 17.9 Å². The van der Waals surface area contributed by atoms with Gasteiger partial charge >= 0.3 is 0 Å². The lowest BCUT2D eigenvalue weighted by Gasteiger charge is -2.29. The van der Waals surface area contributed by atoms with Crippen molar-refractivity contribution in [2.24, 2.45) is 0 Å². The molecule has 8 nitrogen and oxygen atoms in total. The SMILES string of the molecule is CCOc1ccccc1NC(=O)C1=C(C)Nc2nc(SCc3ccccc3)nn2C1c1ccc(OCc2ccc(Br)cc2)cc1. The number of para-hydroxylation sites is 2. The van der Waals surface area contributed by atoms with E-state index in [-0.39, 0.29) is 5.91 Å². The maximum absolute atomic E-state index is 14.0. The number of nitrogens with zero attached hydrogens (tertiary/aromatic N) is 3. The summed E-state index contributed by atoms with van der Waals surface area (Å²) in [6.07, 6.45) is 0. The molecule has 1 amide bonds. The van der Waals surface area contributed by atoms with Crippen LogP contribution in [0, 0.1) is 0 Å². The standard InChI is InChI=1S/C35H32BrN5O3S/c1-3-43-30-12-8-7-11-29(30)38-33(42)31-23(2)37-34-39-35(45-22-25-9-5-4-6-10-25)40-41(34)32(31)26-15-19-28(20-16-26)44-21-24-13-17-27(36)18-14-24/h4-20,32H,3,21-22H2,1-2H3,(H,38,42)(H,37,39,40). The van der Waals surface area contributed by atoms with Crippen molar-refractivity contribution < 1.29 is 14.3 Å². The molecule has 2 N–H and O–H groups in total. The molecule has 1 aromatic heterocycles. The zero-order valence-corrected chi connectivity index (χ0v) is 27.3. The predicted molar refractivity (Wildman–Crippen MR) is 182 cm³/mol. The van der Waals surface area contributed by atoms with Crippen LogP contribution >= 0.6 is 27.7 Å². The third-order valence-electron chi connectivity index (χ3n) is 7.24. The van der Waals surface area contributed by atoms with E-state index < -0.39 is 6.04 Å². The zero-order valence-electron chi connectivity index (χ0n) is 24.9. The van der Waals surface area contributed by atoms with Crippen LogP contribution in [0.1, 0.15) is 36.6 Å². The van der Waals surface area contributed by atoms with Crippen molar-refractivity contribution in [3.63, 3.8) is 0 Å². The van der Waals surface area contributed by atoms with E-state index in [9.17, 15) is 4.79 Å². The van der Waals surface area contributed by atoms with Crippen LogP contribution < -0.4 is 20.1 Å². The summed E-state index contributed by atoms with van der Waals surface area (Å²) in [6, 6.07) is 32.9. The molecule has 5 aromatic rings. The van der Waals surface area contributed by atoms with E-state index in [0.717, 1.165) is 27.1 Å². The summed E-state index contributed by atoms with van der Waals surface area (Å²) in [7, 11) is 0. The molecule has 10 heteroatoms. The van der Waals surface area contributed by atoms with Gasteiger partial charge in [0, 0.05) is 15.9 Å². The number of anilines is 2. The number of carbonyl (C=O) groups excluding carboxylic acids is 1. The Morgan fingerprint density at radius 2 is 1.67 bits per heavy atom. The largest absolute Gasteiger partial charge is 0.492 e. The first-order valence-electron chi connectivity index (χ1n) is 14.6. The minimum atomic E-state index is -0.528. The van der Waals surface area contributed by atoms with Crippen molar-refractivity contribution in [2.45, 2.75) is 37.4 Å². The number of hydrogen-bond donors (Lipinski definition) is 2. The Hall–Kier alpha value is -4.54. The third kappa shape index (κ3) is 7.24. The molecule has 4 aromatic carbocycles. The normalized spacial score (nSPS) is 14.0. The fourth-order valence-electron chi connectivity index (χ4n) is 5.05. The summed E-state index contributed by atoms with van der Waals surface area (Å²) in [5.41, 5.74) is 4.95. The third-order valence-corrected chi connectivity index (χ3v) is 8.68. The van der Waals surface area contributed by atoms with Crippen molar-refractivity contribution in [1.82, 2.24) is 14.8 Å². The lowest BCUT2D eigenvalue weighted by Crippen LogP contribution is -2.31. The summed E-state index contributed by atoms with van der Waals surface area (Å²) in [6.45, 7) is 4.74. The van der Waals surface area contributed by atoms with Crippen LogP contribution in [0.5, 0.6) is 11.5 Å². The van der Waals surface area contributed by atoms with Crippen LogP contribution in [-0.2, 0) is 17.2 Å². The maximum Gasteiger partial charge on any atom is 0.255 e. The van der Waals surface area contributed by atoms with Gasteiger partial charge < -0.3 is 20.1 Å². The van der Waals surface area contributed by atoms with Crippen molar-refractivity contribution in [2.75, 3.05) is 17.2 Å². The van der Waals surface area contributed by atoms with Crippen LogP contribution in [0.4, 0.5) is 11.6 Å². The first-order chi connectivity index (χ1) is 22.0. The molecule has 0 saturated carbocycles. The fourth-order valence-corrected chi connectivity index (χ4v) is 6.10. The number of rotatable bonds is 11. The molecular formula is C35H32BrN5O3S. The van der Waals surface area contributed by atoms with Crippen molar-refractivity contribution in [3.05, 3.63) is 136 Å². The second kappa shape index (κ2) is 14.0. The van der Waals surface area contributed by atoms with Gasteiger partial charge in [-0.05, 0) is 66.9 Å². The Bertz CT molecular complexity index is 1810. The molecule has 2 heterocycles. The van der Waals surface area contributed by atoms with Gasteiger partial charge in [0.25, 0.3) is 5.91 Å². The monoisotopic (exact) mass is 681 g/mol. The van der Waals surface area contributed by atoms with Gasteiger partial charge in [0.15, 0.2) is 0 Å². The van der Waals surface area contributed by atoms with Crippen molar-refractivity contribution >= 4 is 45.2 Å². The van der Waals surface area contributed by atoms with E-state index in [1.165, 1.54) is 5.56 Å². The molecular weight excluding hydrogens is 650 g/mol. The van der Waals surface area contributed by atoms with Crippen LogP contribution in [0.2, 0.25) is 0 Å². The average Bonchev–Trinajstić information content (AvgIpc) is 3.47. The van der Waals surface area contributed by atoms with Crippen LogP contribution in [0.25, 0.3) is 0 Å². The van der Waals surface area contributed by atoms with E-state index in [1.54, 1.807) is 16.4 Å². The number of allylic oxidation sites excluding steroid dienone is 1. The Kier molecular flexibility index (Phi) is 9.52. The highest BCUT2D eigenvalue weighted by Crippen LogP contribution is 2.38. The minimum absolute atomic E-state index is 0.257. The quantitative estimate of drug-likeness (QED) is 0.136. The Labute approximate surface area is 275 Å². The molecule has 45 heavy (non-hydrogen) atoms. The van der Waals surface area contributed by atoms with E-state index in [2.05, 4.69) is 38.7 Å². The predicted octanol–water partition coefficient (Wildman–Crippen LogP) is 8.24. The van der Waals surface area contributed by atoms with E-state index in [1.807, 2.05) is 105 Å². The van der Waals surface area contributed by atoms with Crippen LogP contribution in [-0.4, -0.2) is 27.3 Å². The van der Waals surface area contributed by atoms with Gasteiger partial charge in [-0.1, -0.05) is 94.4 Å². The van der Waals surface area contributed by atoms with Gasteiger partial charge in [-0.3, -0.25) is 4.79 Å². The van der Waals surface area contributed by atoms with E-state index >= 15 is 0 Å². The number of aromatic nitrogens is 3. The number of carbonyl (C=O) groups is 1. The molecule has 1 unspecified atom stereocenters. The number of nitrogens with one attached hydrogen (secondary N) is 2. The molecule has 1 atom stereocenters. The van der Waals surface area contributed by atoms with E-state index in [0.29, 0.717) is 47.0 Å². The van der Waals surface area contributed by atoms with Gasteiger partial charge in [-0.25, -0.2) is 4.68 Å². The lowest BCUT2D eigenvalue weighted by molar-refractivity contribution is -0.113. The average molecular weight is 683 g/mol. The first-order valence-corrected chi connectivity index (χ1v) is 16.4. The van der Waals surface area contributed by atoms with Crippen LogP contribution in [0.3, 0.4) is 0 Å². The number of fused-ring (bicyclic) bond motifs is 1. The van der Waals surface area contributed by atoms with Gasteiger partial charge in [-0.2, -0.15) is 4.98 Å². The highest BCUT2D eigenvalue weighted by Gasteiger charge is 2.34. The summed E-state index contributed by atoms with van der Waals surface area (Å²) >= 11 is 5.02. The highest BCUT2D eigenvalue weighted by molar-refractivity contribution is 9.10. The number of benzene rings is 4. The van der Waals surface area contributed by atoms with Gasteiger partial charge in [0.2, 0.25) is 11.1 Å². The molecule has 228 valence electrons. The lowest BCUT2D eigenvalue weighted by atomic mass is 9.95. The highest BCUT2D eigenvalue weighted by atomic mass is 79.9. The molecule has 6 rings (SSSR count). The zero-order chi connectivity index (χ0) is 31.2. The van der Waals surface area contributed by atoms with Crippen LogP contribution in [0.15, 0.2) is 124 Å². The number of halogens is 1. The fraction of sp³-hybridized carbons (Fsp3) is 0.171. The molecule has 0 fully saturated rings. The molecule has 1 aliphatic heterocycles. The molecule has 0 spiro atoms. The summed E-state index contributed by atoms with van der Waals surface area (Å²) < 4.78 is 14.6. The molecule has 0 saturated heterocycles. The van der Waals surface area contributed by atoms with E-state index in [4.69, 9.17) is 19.6 Å². The minimum Gasteiger partial charge on any atom is -0.492 e. The number of thioether (sulfide) groups is 1. The summed E-state index contributed by atoms with van der Waals surface area (Å²) in [4.78, 5) is 18.8. The molecule has 0 bridgehead atoms. The number of hydrogen-bond acceptors (Lipinski definition) is 7. The molecule has 1 aliphatic rings. The molecule has 0 radical (unpaired) electrons.